The number of ether oxygens (including phenoxy) is 2. The average Bonchev–Trinajstić information content (AvgIpc) is 2.58. The third-order valence-electron chi connectivity index (χ3n) is 2.93. The fourth-order valence-corrected chi connectivity index (χ4v) is 1.86. The molecule has 8 nitrogen and oxygen atoms in total. The van der Waals surface area contributed by atoms with Crippen LogP contribution in [0.4, 0.5) is 5.69 Å². The van der Waals surface area contributed by atoms with Gasteiger partial charge < -0.3 is 14.8 Å². The van der Waals surface area contributed by atoms with Crippen molar-refractivity contribution in [2.45, 2.75) is 6.54 Å². The molecule has 8 heteroatoms. The van der Waals surface area contributed by atoms with E-state index < -0.39 is 4.92 Å². The van der Waals surface area contributed by atoms with Crippen LogP contribution >= 0.6 is 0 Å². The molecule has 1 N–H and O–H groups in total. The third-order valence-corrected chi connectivity index (χ3v) is 2.93. The monoisotopic (exact) mass is 316 g/mol. The third kappa shape index (κ3) is 4.16. The van der Waals surface area contributed by atoms with Gasteiger partial charge in [0, 0.05) is 6.54 Å². The van der Waals surface area contributed by atoms with Crippen LogP contribution in [0.5, 0.6) is 11.9 Å². The normalized spacial score (nSPS) is 10.5. The van der Waals surface area contributed by atoms with Crippen molar-refractivity contribution < 1.29 is 14.4 Å². The number of hydrogen-bond donors (Lipinski definition) is 1. The van der Waals surface area contributed by atoms with Crippen LogP contribution in [0.1, 0.15) is 11.3 Å². The molecular weight excluding hydrogens is 300 g/mol. The lowest BCUT2D eigenvalue weighted by Crippen LogP contribution is -2.06. The number of benzene rings is 1. The Kier molecular flexibility index (Phi) is 5.45. The summed E-state index contributed by atoms with van der Waals surface area (Å²) in [5.74, 6) is -0.149. The van der Waals surface area contributed by atoms with Gasteiger partial charge in [0.25, 0.3) is 0 Å². The van der Waals surface area contributed by atoms with Gasteiger partial charge in [0.05, 0.1) is 19.1 Å². The zero-order valence-corrected chi connectivity index (χ0v) is 12.7. The molecule has 0 fully saturated rings. The number of aromatic nitrogens is 2. The lowest BCUT2D eigenvalue weighted by molar-refractivity contribution is -0.386. The van der Waals surface area contributed by atoms with Gasteiger partial charge in [0.2, 0.25) is 0 Å². The molecule has 120 valence electrons. The highest BCUT2D eigenvalue weighted by atomic mass is 16.6. The van der Waals surface area contributed by atoms with Crippen molar-refractivity contribution >= 4 is 11.8 Å². The number of nitro groups is 1. The highest BCUT2D eigenvalue weighted by molar-refractivity contribution is 5.61. The van der Waals surface area contributed by atoms with Gasteiger partial charge in [-0.2, -0.15) is 9.97 Å². The van der Waals surface area contributed by atoms with Crippen LogP contribution in [0.2, 0.25) is 0 Å². The molecule has 0 aliphatic carbocycles. The van der Waals surface area contributed by atoms with Gasteiger partial charge in [-0.25, -0.2) is 0 Å². The summed E-state index contributed by atoms with van der Waals surface area (Å²) in [4.78, 5) is 18.4. The maximum atomic E-state index is 11.2. The Morgan fingerprint density at radius 3 is 2.57 bits per heavy atom. The molecule has 0 aliphatic rings. The predicted octanol–water partition coefficient (Wildman–Crippen LogP) is 2.16. The van der Waals surface area contributed by atoms with Crippen molar-refractivity contribution in [1.82, 2.24) is 15.3 Å². The van der Waals surface area contributed by atoms with Crippen molar-refractivity contribution in [2.75, 3.05) is 14.2 Å². The van der Waals surface area contributed by atoms with Crippen molar-refractivity contribution in [2.24, 2.45) is 0 Å². The molecule has 0 saturated carbocycles. The molecular formula is C15H16N4O4. The van der Waals surface area contributed by atoms with Crippen molar-refractivity contribution in [3.63, 3.8) is 0 Å². The fourth-order valence-electron chi connectivity index (χ4n) is 1.86. The SMILES string of the molecule is COc1nc(C=CNCc2ccccc2)c([N+](=O)[O-])c(OC)n1. The van der Waals surface area contributed by atoms with Crippen LogP contribution in [0, 0.1) is 10.1 Å². The molecule has 0 radical (unpaired) electrons. The van der Waals surface area contributed by atoms with E-state index in [1.807, 2.05) is 30.3 Å². The van der Waals surface area contributed by atoms with E-state index in [1.165, 1.54) is 20.3 Å². The summed E-state index contributed by atoms with van der Waals surface area (Å²) in [7, 11) is 2.68. The first-order valence-electron chi connectivity index (χ1n) is 6.74. The van der Waals surface area contributed by atoms with Crippen LogP contribution < -0.4 is 14.8 Å². The lowest BCUT2D eigenvalue weighted by atomic mass is 10.2. The largest absolute Gasteiger partial charge is 0.476 e. The molecule has 1 aromatic carbocycles. The minimum atomic E-state index is -0.588. The first-order valence-corrected chi connectivity index (χ1v) is 6.74. The highest BCUT2D eigenvalue weighted by Crippen LogP contribution is 2.30. The molecule has 23 heavy (non-hydrogen) atoms. The Hall–Kier alpha value is -3.16. The second-order valence-corrected chi connectivity index (χ2v) is 4.41. The van der Waals surface area contributed by atoms with E-state index in [4.69, 9.17) is 9.47 Å². The zero-order valence-electron chi connectivity index (χ0n) is 12.7. The van der Waals surface area contributed by atoms with Crippen molar-refractivity contribution in [3.8, 4) is 11.9 Å². The van der Waals surface area contributed by atoms with Gasteiger partial charge in [-0.05, 0) is 17.8 Å². The van der Waals surface area contributed by atoms with Crippen LogP contribution in [0.25, 0.3) is 6.08 Å². The topological polar surface area (TPSA) is 99.4 Å². The first-order chi connectivity index (χ1) is 11.2. The summed E-state index contributed by atoms with van der Waals surface area (Å²) in [5, 5.41) is 14.3. The molecule has 0 bridgehead atoms. The van der Waals surface area contributed by atoms with Crippen LogP contribution in [0.3, 0.4) is 0 Å². The van der Waals surface area contributed by atoms with Crippen LogP contribution in [0.15, 0.2) is 36.5 Å². The Bertz CT molecular complexity index is 704. The van der Waals surface area contributed by atoms with Gasteiger partial charge in [0.1, 0.15) is 0 Å². The number of rotatable bonds is 7. The van der Waals surface area contributed by atoms with Crippen molar-refractivity contribution in [3.05, 3.63) is 57.9 Å². The highest BCUT2D eigenvalue weighted by Gasteiger charge is 2.24. The number of nitrogens with one attached hydrogen (secondary N) is 1. The van der Waals surface area contributed by atoms with Crippen LogP contribution in [-0.4, -0.2) is 29.1 Å². The van der Waals surface area contributed by atoms with E-state index in [-0.39, 0.29) is 23.3 Å². The summed E-state index contributed by atoms with van der Waals surface area (Å²) in [6.07, 6.45) is 3.06. The predicted molar refractivity (Wildman–Crippen MR) is 84.1 cm³/mol. The van der Waals surface area contributed by atoms with E-state index in [0.717, 1.165) is 5.56 Å². The van der Waals surface area contributed by atoms with Gasteiger partial charge in [-0.15, -0.1) is 0 Å². The molecule has 1 aromatic heterocycles. The molecule has 0 spiro atoms. The lowest BCUT2D eigenvalue weighted by Gasteiger charge is -2.05. The fraction of sp³-hybridized carbons (Fsp3) is 0.200. The van der Waals surface area contributed by atoms with Gasteiger partial charge in [-0.3, -0.25) is 10.1 Å². The van der Waals surface area contributed by atoms with E-state index in [2.05, 4.69) is 15.3 Å². The number of nitrogens with zero attached hydrogens (tertiary/aromatic N) is 3. The number of methoxy groups -OCH3 is 2. The molecule has 0 unspecified atom stereocenters. The first kappa shape index (κ1) is 16.2. The average molecular weight is 316 g/mol. The standard InChI is InChI=1S/C15H16N4O4/c1-22-14-13(19(20)21)12(17-15(18-14)23-2)8-9-16-10-11-6-4-3-5-7-11/h3-9,16H,10H2,1-2H3. The van der Waals surface area contributed by atoms with E-state index in [9.17, 15) is 10.1 Å². The number of hydrogen-bond acceptors (Lipinski definition) is 7. The van der Waals surface area contributed by atoms with Crippen molar-refractivity contribution in [1.29, 1.82) is 0 Å². The van der Waals surface area contributed by atoms with E-state index >= 15 is 0 Å². The Labute approximate surface area is 132 Å². The van der Waals surface area contributed by atoms with Gasteiger partial charge in [-0.1, -0.05) is 30.3 Å². The van der Waals surface area contributed by atoms with Crippen LogP contribution in [-0.2, 0) is 6.54 Å². The second-order valence-electron chi connectivity index (χ2n) is 4.41. The Balaban J connectivity index is 2.20. The zero-order chi connectivity index (χ0) is 16.7. The quantitative estimate of drug-likeness (QED) is 0.617. The second kappa shape index (κ2) is 7.74. The summed E-state index contributed by atoms with van der Waals surface area (Å²) < 4.78 is 9.87. The van der Waals surface area contributed by atoms with Gasteiger partial charge in [0.15, 0.2) is 5.69 Å². The maximum absolute atomic E-state index is 11.2. The molecule has 0 aliphatic heterocycles. The van der Waals surface area contributed by atoms with Gasteiger partial charge >= 0.3 is 17.6 Å². The Morgan fingerprint density at radius 1 is 1.22 bits per heavy atom. The molecule has 0 amide bonds. The summed E-state index contributed by atoms with van der Waals surface area (Å²) >= 11 is 0. The molecule has 0 atom stereocenters. The minimum absolute atomic E-state index is 0.00448. The van der Waals surface area contributed by atoms with E-state index in [1.54, 1.807) is 6.20 Å². The molecule has 2 aromatic rings. The molecule has 0 saturated heterocycles. The summed E-state index contributed by atoms with van der Waals surface area (Å²) in [6.45, 7) is 0.588. The molecule has 2 rings (SSSR count). The summed E-state index contributed by atoms with van der Waals surface area (Å²) in [6, 6.07) is 9.75. The minimum Gasteiger partial charge on any atom is -0.476 e. The summed E-state index contributed by atoms with van der Waals surface area (Å²) in [5.41, 5.74) is 0.870. The van der Waals surface area contributed by atoms with E-state index in [0.29, 0.717) is 6.54 Å². The maximum Gasteiger partial charge on any atom is 0.356 e. The molecule has 1 heterocycles. The smallest absolute Gasteiger partial charge is 0.356 e. The Morgan fingerprint density at radius 2 is 1.96 bits per heavy atom.